The van der Waals surface area contributed by atoms with Gasteiger partial charge in [-0.3, -0.25) is 4.79 Å². The summed E-state index contributed by atoms with van der Waals surface area (Å²) in [7, 11) is 0. The van der Waals surface area contributed by atoms with Crippen LogP contribution in [0.25, 0.3) is 11.4 Å². The van der Waals surface area contributed by atoms with Crippen molar-refractivity contribution in [3.63, 3.8) is 0 Å². The molecular weight excluding hydrogens is 314 g/mol. The van der Waals surface area contributed by atoms with Gasteiger partial charge in [-0.15, -0.1) is 0 Å². The van der Waals surface area contributed by atoms with Gasteiger partial charge in [0.2, 0.25) is 17.6 Å². The van der Waals surface area contributed by atoms with Crippen molar-refractivity contribution in [2.75, 3.05) is 5.32 Å². The smallest absolute Gasteiger partial charge is 0.227 e. The number of hydrogen-bond acceptors (Lipinski definition) is 6. The number of carbonyl (C=O) groups is 1. The first-order valence-corrected chi connectivity index (χ1v) is 8.01. The Morgan fingerprint density at radius 1 is 1.39 bits per heavy atom. The van der Waals surface area contributed by atoms with Gasteiger partial charge in [0.05, 0.1) is 5.69 Å². The van der Waals surface area contributed by atoms with E-state index in [2.05, 4.69) is 15.5 Å². The summed E-state index contributed by atoms with van der Waals surface area (Å²) in [5.41, 5.74) is 2.22. The molecule has 0 aliphatic heterocycles. The maximum absolute atomic E-state index is 11.9. The summed E-state index contributed by atoms with van der Waals surface area (Å²) in [5, 5.41) is 20.2. The summed E-state index contributed by atoms with van der Waals surface area (Å²) in [4.78, 5) is 16.2. The Bertz CT molecular complexity index is 812. The molecule has 0 aliphatic rings. The van der Waals surface area contributed by atoms with Crippen molar-refractivity contribution in [1.82, 2.24) is 10.1 Å². The number of anilines is 1. The number of phenolic OH excluding ortho intramolecular Hbond substituents is 1. The van der Waals surface area contributed by atoms with Crippen molar-refractivity contribution < 1.29 is 14.4 Å². The molecule has 118 valence electrons. The molecule has 0 unspecified atom stereocenters. The fourth-order valence-corrected chi connectivity index (χ4v) is 2.68. The molecule has 2 N–H and O–H groups in total. The summed E-state index contributed by atoms with van der Waals surface area (Å²) >= 11 is 1.56. The van der Waals surface area contributed by atoms with Gasteiger partial charge in [-0.05, 0) is 36.1 Å². The van der Waals surface area contributed by atoms with Crippen molar-refractivity contribution in [3.8, 4) is 17.1 Å². The van der Waals surface area contributed by atoms with E-state index in [0.717, 1.165) is 11.1 Å². The van der Waals surface area contributed by atoms with Crippen LogP contribution in [-0.2, 0) is 11.2 Å². The van der Waals surface area contributed by atoms with Crippen molar-refractivity contribution >= 4 is 22.9 Å². The van der Waals surface area contributed by atoms with Crippen LogP contribution in [0.5, 0.6) is 5.75 Å². The predicted molar refractivity (Wildman–Crippen MR) is 87.4 cm³/mol. The third kappa shape index (κ3) is 3.75. The number of phenols is 1. The SMILES string of the molecule is Cc1ccc(NC(=O)CCc2nc(-c3ccsc3)no2)c(O)c1. The highest BCUT2D eigenvalue weighted by Gasteiger charge is 2.12. The molecule has 2 aromatic heterocycles. The Morgan fingerprint density at radius 3 is 3.00 bits per heavy atom. The minimum absolute atomic E-state index is 0.0517. The zero-order chi connectivity index (χ0) is 16.2. The fourth-order valence-electron chi connectivity index (χ4n) is 2.05. The molecule has 0 radical (unpaired) electrons. The second-order valence-corrected chi connectivity index (χ2v) is 5.87. The molecule has 1 amide bonds. The quantitative estimate of drug-likeness (QED) is 0.701. The Kier molecular flexibility index (Phi) is 4.38. The zero-order valence-corrected chi connectivity index (χ0v) is 13.3. The molecule has 2 heterocycles. The van der Waals surface area contributed by atoms with Crippen LogP contribution in [0.2, 0.25) is 0 Å². The molecule has 7 heteroatoms. The lowest BCUT2D eigenvalue weighted by Gasteiger charge is -2.07. The summed E-state index contributed by atoms with van der Waals surface area (Å²) in [6.45, 7) is 1.87. The van der Waals surface area contributed by atoms with Gasteiger partial charge < -0.3 is 14.9 Å². The Labute approximate surface area is 136 Å². The molecule has 0 spiro atoms. The van der Waals surface area contributed by atoms with Gasteiger partial charge in [0.25, 0.3) is 0 Å². The molecule has 23 heavy (non-hydrogen) atoms. The van der Waals surface area contributed by atoms with Crippen molar-refractivity contribution in [1.29, 1.82) is 0 Å². The Balaban J connectivity index is 1.57. The number of carbonyl (C=O) groups excluding carboxylic acids is 1. The molecular formula is C16H15N3O3S. The van der Waals surface area contributed by atoms with Crippen molar-refractivity contribution in [2.24, 2.45) is 0 Å². The number of hydrogen-bond donors (Lipinski definition) is 2. The van der Waals surface area contributed by atoms with E-state index in [1.807, 2.05) is 29.8 Å². The van der Waals surface area contributed by atoms with E-state index in [0.29, 0.717) is 23.8 Å². The molecule has 3 aromatic rings. The number of nitrogens with zero attached hydrogens (tertiary/aromatic N) is 2. The minimum Gasteiger partial charge on any atom is -0.506 e. The monoisotopic (exact) mass is 329 g/mol. The number of aryl methyl sites for hydroxylation is 2. The van der Waals surface area contributed by atoms with Crippen LogP contribution in [0.1, 0.15) is 17.9 Å². The van der Waals surface area contributed by atoms with E-state index in [4.69, 9.17) is 4.52 Å². The molecule has 0 bridgehead atoms. The van der Waals surface area contributed by atoms with Gasteiger partial charge >= 0.3 is 0 Å². The van der Waals surface area contributed by atoms with E-state index < -0.39 is 0 Å². The second kappa shape index (κ2) is 6.62. The number of aromatic hydroxyl groups is 1. The molecule has 0 saturated carbocycles. The van der Waals surface area contributed by atoms with Crippen LogP contribution in [0.3, 0.4) is 0 Å². The normalized spacial score (nSPS) is 10.7. The van der Waals surface area contributed by atoms with Crippen LogP contribution < -0.4 is 5.32 Å². The van der Waals surface area contributed by atoms with Crippen LogP contribution in [0, 0.1) is 6.92 Å². The molecule has 1 aromatic carbocycles. The third-order valence-corrected chi connectivity index (χ3v) is 3.92. The van der Waals surface area contributed by atoms with Gasteiger partial charge in [0, 0.05) is 23.8 Å². The lowest BCUT2D eigenvalue weighted by Crippen LogP contribution is -2.12. The van der Waals surface area contributed by atoms with Crippen LogP contribution in [-0.4, -0.2) is 21.2 Å². The summed E-state index contributed by atoms with van der Waals surface area (Å²) in [5.74, 6) is 0.766. The summed E-state index contributed by atoms with van der Waals surface area (Å²) in [6.07, 6.45) is 0.536. The highest BCUT2D eigenvalue weighted by atomic mass is 32.1. The number of rotatable bonds is 5. The number of thiophene rings is 1. The zero-order valence-electron chi connectivity index (χ0n) is 12.4. The van der Waals surface area contributed by atoms with Crippen LogP contribution in [0.15, 0.2) is 39.5 Å². The van der Waals surface area contributed by atoms with Gasteiger partial charge in [-0.25, -0.2) is 0 Å². The van der Waals surface area contributed by atoms with E-state index in [9.17, 15) is 9.90 Å². The summed E-state index contributed by atoms with van der Waals surface area (Å²) < 4.78 is 5.14. The highest BCUT2D eigenvalue weighted by molar-refractivity contribution is 7.08. The standard InChI is InChI=1S/C16H15N3O3S/c1-10-2-3-12(13(20)8-10)17-14(21)4-5-15-18-16(19-22-15)11-6-7-23-9-11/h2-3,6-9,20H,4-5H2,1H3,(H,17,21). The minimum atomic E-state index is -0.223. The molecule has 3 rings (SSSR count). The molecule has 0 fully saturated rings. The maximum atomic E-state index is 11.9. The lowest BCUT2D eigenvalue weighted by atomic mass is 10.2. The Hall–Kier alpha value is -2.67. The topological polar surface area (TPSA) is 88.3 Å². The van der Waals surface area contributed by atoms with Gasteiger partial charge in [0.1, 0.15) is 5.75 Å². The van der Waals surface area contributed by atoms with E-state index >= 15 is 0 Å². The van der Waals surface area contributed by atoms with Gasteiger partial charge in [-0.1, -0.05) is 11.2 Å². The number of aromatic nitrogens is 2. The first kappa shape index (κ1) is 15.2. The highest BCUT2D eigenvalue weighted by Crippen LogP contribution is 2.24. The third-order valence-electron chi connectivity index (χ3n) is 3.24. The lowest BCUT2D eigenvalue weighted by molar-refractivity contribution is -0.116. The largest absolute Gasteiger partial charge is 0.506 e. The molecule has 0 saturated heterocycles. The number of amides is 1. The maximum Gasteiger partial charge on any atom is 0.227 e. The van der Waals surface area contributed by atoms with E-state index in [1.165, 1.54) is 0 Å². The van der Waals surface area contributed by atoms with Gasteiger partial charge in [0.15, 0.2) is 0 Å². The molecule has 0 aliphatic carbocycles. The second-order valence-electron chi connectivity index (χ2n) is 5.09. The first-order chi connectivity index (χ1) is 11.1. The molecule has 0 atom stereocenters. The van der Waals surface area contributed by atoms with Crippen LogP contribution in [0.4, 0.5) is 5.69 Å². The van der Waals surface area contributed by atoms with Crippen molar-refractivity contribution in [2.45, 2.75) is 19.8 Å². The number of benzene rings is 1. The van der Waals surface area contributed by atoms with E-state index in [1.54, 1.807) is 23.5 Å². The Morgan fingerprint density at radius 2 is 2.26 bits per heavy atom. The fraction of sp³-hybridized carbons (Fsp3) is 0.188. The first-order valence-electron chi connectivity index (χ1n) is 7.06. The summed E-state index contributed by atoms with van der Waals surface area (Å²) in [6, 6.07) is 7.00. The van der Waals surface area contributed by atoms with Crippen LogP contribution >= 0.6 is 11.3 Å². The average Bonchev–Trinajstić information content (AvgIpc) is 3.18. The van der Waals surface area contributed by atoms with Gasteiger partial charge in [-0.2, -0.15) is 16.3 Å². The molecule has 6 nitrogen and oxygen atoms in total. The van der Waals surface area contributed by atoms with E-state index in [-0.39, 0.29) is 18.1 Å². The van der Waals surface area contributed by atoms with Crippen molar-refractivity contribution in [3.05, 3.63) is 46.5 Å². The number of nitrogens with one attached hydrogen (secondary N) is 1. The predicted octanol–water partition coefficient (Wildman–Crippen LogP) is 3.38. The average molecular weight is 329 g/mol.